The van der Waals surface area contributed by atoms with Gasteiger partial charge in [0.1, 0.15) is 5.75 Å². The van der Waals surface area contributed by atoms with E-state index in [0.29, 0.717) is 17.2 Å². The molecule has 0 aliphatic carbocycles. The number of benzene rings is 1. The lowest BCUT2D eigenvalue weighted by Gasteiger charge is -2.16. The summed E-state index contributed by atoms with van der Waals surface area (Å²) >= 11 is 6.04. The highest BCUT2D eigenvalue weighted by atomic mass is 35.5. The van der Waals surface area contributed by atoms with E-state index in [-0.39, 0.29) is 0 Å². The maximum Gasteiger partial charge on any atom is 0.125 e. The van der Waals surface area contributed by atoms with Gasteiger partial charge >= 0.3 is 0 Å². The van der Waals surface area contributed by atoms with Crippen molar-refractivity contribution in [1.82, 2.24) is 5.32 Å². The zero-order valence-corrected chi connectivity index (χ0v) is 10.6. The maximum absolute atomic E-state index is 10.0. The molecule has 16 heavy (non-hydrogen) atoms. The molecule has 0 amide bonds. The summed E-state index contributed by atoms with van der Waals surface area (Å²) in [5.41, 5.74) is 1.69. The Morgan fingerprint density at radius 2 is 2.19 bits per heavy atom. The Morgan fingerprint density at radius 1 is 1.50 bits per heavy atom. The Labute approximate surface area is 101 Å². The first-order chi connectivity index (χ1) is 7.60. The fraction of sp³-hybridized carbons (Fsp3) is 0.500. The number of aryl methyl sites for hydroxylation is 1. The molecule has 3 nitrogen and oxygen atoms in total. The van der Waals surface area contributed by atoms with Gasteiger partial charge in [-0.3, -0.25) is 0 Å². The predicted octanol–water partition coefficient (Wildman–Crippen LogP) is 2.30. The van der Waals surface area contributed by atoms with Crippen molar-refractivity contribution in [2.45, 2.75) is 19.4 Å². The van der Waals surface area contributed by atoms with E-state index in [9.17, 15) is 5.11 Å². The lowest BCUT2D eigenvalue weighted by molar-refractivity contribution is 0.163. The number of methoxy groups -OCH3 is 1. The molecule has 0 aliphatic rings. The minimum Gasteiger partial charge on any atom is -0.496 e. The highest BCUT2D eigenvalue weighted by Crippen LogP contribution is 2.32. The Kier molecular flexibility index (Phi) is 5.06. The van der Waals surface area contributed by atoms with Gasteiger partial charge in [-0.2, -0.15) is 0 Å². The van der Waals surface area contributed by atoms with Gasteiger partial charge in [0.15, 0.2) is 0 Å². The van der Waals surface area contributed by atoms with Crippen LogP contribution >= 0.6 is 11.6 Å². The molecule has 0 saturated carbocycles. The predicted molar refractivity (Wildman–Crippen MR) is 66.2 cm³/mol. The monoisotopic (exact) mass is 243 g/mol. The number of halogens is 1. The average Bonchev–Trinajstić information content (AvgIpc) is 2.28. The quantitative estimate of drug-likeness (QED) is 0.834. The number of aliphatic hydroxyl groups is 1. The van der Waals surface area contributed by atoms with Gasteiger partial charge in [0.25, 0.3) is 0 Å². The van der Waals surface area contributed by atoms with Crippen molar-refractivity contribution in [3.05, 3.63) is 28.3 Å². The van der Waals surface area contributed by atoms with E-state index in [4.69, 9.17) is 16.3 Å². The zero-order valence-electron chi connectivity index (χ0n) is 9.88. The molecular formula is C12H18ClNO2. The number of ether oxygens (including phenoxy) is 1. The van der Waals surface area contributed by atoms with Crippen LogP contribution in [-0.2, 0) is 0 Å². The van der Waals surface area contributed by atoms with Crippen LogP contribution in [0.2, 0.25) is 5.02 Å². The number of aliphatic hydroxyl groups excluding tert-OH is 1. The summed E-state index contributed by atoms with van der Waals surface area (Å²) in [4.78, 5) is 0. The lowest BCUT2D eigenvalue weighted by atomic mass is 10.0. The first-order valence-corrected chi connectivity index (χ1v) is 5.64. The molecule has 0 radical (unpaired) electrons. The molecule has 4 heteroatoms. The van der Waals surface area contributed by atoms with Gasteiger partial charge in [0, 0.05) is 10.6 Å². The summed E-state index contributed by atoms with van der Waals surface area (Å²) in [7, 11) is 3.45. The van der Waals surface area contributed by atoms with Crippen molar-refractivity contribution in [3.8, 4) is 5.75 Å². The summed E-state index contributed by atoms with van der Waals surface area (Å²) in [6, 6.07) is 3.62. The molecule has 0 bridgehead atoms. The van der Waals surface area contributed by atoms with Crippen molar-refractivity contribution in [2.24, 2.45) is 0 Å². The molecule has 1 unspecified atom stereocenters. The molecule has 90 valence electrons. The second-order valence-corrected chi connectivity index (χ2v) is 4.16. The molecule has 0 aliphatic heterocycles. The standard InChI is InChI=1S/C12H18ClNO2/c1-8-6-12(16-3)9(7-10(8)13)11(15)4-5-14-2/h6-7,11,14-15H,4-5H2,1-3H3. The molecule has 0 spiro atoms. The van der Waals surface area contributed by atoms with Gasteiger partial charge in [-0.25, -0.2) is 0 Å². The van der Waals surface area contributed by atoms with E-state index < -0.39 is 6.10 Å². The SMILES string of the molecule is CNCCC(O)c1cc(Cl)c(C)cc1OC. The summed E-state index contributed by atoms with van der Waals surface area (Å²) < 4.78 is 5.24. The van der Waals surface area contributed by atoms with Crippen molar-refractivity contribution >= 4 is 11.6 Å². The van der Waals surface area contributed by atoms with E-state index >= 15 is 0 Å². The summed E-state index contributed by atoms with van der Waals surface area (Å²) in [5, 5.41) is 13.7. The molecule has 1 rings (SSSR count). The van der Waals surface area contributed by atoms with E-state index in [1.54, 1.807) is 13.2 Å². The Balaban J connectivity index is 2.96. The summed E-state index contributed by atoms with van der Waals surface area (Å²) in [5.74, 6) is 0.686. The molecule has 1 aromatic rings. The fourth-order valence-corrected chi connectivity index (χ4v) is 1.72. The minimum absolute atomic E-state index is 0.555. The molecule has 0 aromatic heterocycles. The van der Waals surface area contributed by atoms with E-state index in [0.717, 1.165) is 17.7 Å². The number of nitrogens with one attached hydrogen (secondary N) is 1. The van der Waals surface area contributed by atoms with E-state index in [1.165, 1.54) is 0 Å². The molecule has 0 saturated heterocycles. The molecular weight excluding hydrogens is 226 g/mol. The molecule has 0 heterocycles. The Morgan fingerprint density at radius 3 is 2.75 bits per heavy atom. The van der Waals surface area contributed by atoms with Crippen molar-refractivity contribution in [1.29, 1.82) is 0 Å². The van der Waals surface area contributed by atoms with Crippen molar-refractivity contribution < 1.29 is 9.84 Å². The van der Waals surface area contributed by atoms with E-state index in [2.05, 4.69) is 5.32 Å². The third kappa shape index (κ3) is 3.11. The van der Waals surface area contributed by atoms with Crippen LogP contribution in [0, 0.1) is 6.92 Å². The smallest absolute Gasteiger partial charge is 0.125 e. The largest absolute Gasteiger partial charge is 0.496 e. The summed E-state index contributed by atoms with van der Waals surface area (Å²) in [6.07, 6.45) is 0.0761. The van der Waals surface area contributed by atoms with Gasteiger partial charge in [-0.05, 0) is 44.6 Å². The van der Waals surface area contributed by atoms with Gasteiger partial charge in [0.05, 0.1) is 13.2 Å². The van der Waals surface area contributed by atoms with Crippen molar-refractivity contribution in [3.63, 3.8) is 0 Å². The Bertz CT molecular complexity index is 355. The van der Waals surface area contributed by atoms with Gasteiger partial charge < -0.3 is 15.2 Å². The van der Waals surface area contributed by atoms with Crippen molar-refractivity contribution in [2.75, 3.05) is 20.7 Å². The van der Waals surface area contributed by atoms with Crippen LogP contribution in [0.25, 0.3) is 0 Å². The van der Waals surface area contributed by atoms with Crippen LogP contribution in [-0.4, -0.2) is 25.8 Å². The number of hydrogen-bond acceptors (Lipinski definition) is 3. The summed E-state index contributed by atoms with van der Waals surface area (Å²) in [6.45, 7) is 2.66. The normalized spacial score (nSPS) is 12.6. The average molecular weight is 244 g/mol. The number of rotatable bonds is 5. The lowest BCUT2D eigenvalue weighted by Crippen LogP contribution is -2.12. The molecule has 2 N–H and O–H groups in total. The van der Waals surface area contributed by atoms with Gasteiger partial charge in [-0.1, -0.05) is 11.6 Å². The number of hydrogen-bond donors (Lipinski definition) is 2. The van der Waals surface area contributed by atoms with Gasteiger partial charge in [0.2, 0.25) is 0 Å². The van der Waals surface area contributed by atoms with Crippen LogP contribution in [0.1, 0.15) is 23.7 Å². The molecule has 0 fully saturated rings. The van der Waals surface area contributed by atoms with Crippen LogP contribution in [0.5, 0.6) is 5.75 Å². The van der Waals surface area contributed by atoms with Crippen LogP contribution in [0.4, 0.5) is 0 Å². The fourth-order valence-electron chi connectivity index (χ4n) is 1.54. The third-order valence-corrected chi connectivity index (χ3v) is 2.94. The van der Waals surface area contributed by atoms with Crippen LogP contribution in [0.3, 0.4) is 0 Å². The highest BCUT2D eigenvalue weighted by Gasteiger charge is 2.14. The topological polar surface area (TPSA) is 41.5 Å². The van der Waals surface area contributed by atoms with Crippen LogP contribution < -0.4 is 10.1 Å². The van der Waals surface area contributed by atoms with Gasteiger partial charge in [-0.15, -0.1) is 0 Å². The maximum atomic E-state index is 10.0. The minimum atomic E-state index is -0.555. The van der Waals surface area contributed by atoms with Crippen LogP contribution in [0.15, 0.2) is 12.1 Å². The Hall–Kier alpha value is -0.770. The second kappa shape index (κ2) is 6.09. The first kappa shape index (κ1) is 13.3. The molecule has 1 atom stereocenters. The third-order valence-electron chi connectivity index (χ3n) is 2.54. The highest BCUT2D eigenvalue weighted by molar-refractivity contribution is 6.31. The first-order valence-electron chi connectivity index (χ1n) is 5.26. The molecule has 1 aromatic carbocycles. The second-order valence-electron chi connectivity index (χ2n) is 3.75. The zero-order chi connectivity index (χ0) is 12.1. The van der Waals surface area contributed by atoms with E-state index in [1.807, 2.05) is 20.0 Å².